The molecule has 2 saturated heterocycles. The molecule has 1 amide bonds. The van der Waals surface area contributed by atoms with E-state index < -0.39 is 0 Å². The molecule has 2 fully saturated rings. The summed E-state index contributed by atoms with van der Waals surface area (Å²) in [4.78, 5) is 18.0. The van der Waals surface area contributed by atoms with E-state index >= 15 is 0 Å². The second-order valence-electron chi connectivity index (χ2n) is 9.53. The highest BCUT2D eigenvalue weighted by atomic mass is 35.5. The van der Waals surface area contributed by atoms with Gasteiger partial charge in [0.1, 0.15) is 0 Å². The minimum absolute atomic E-state index is 0.284. The lowest BCUT2D eigenvalue weighted by Crippen LogP contribution is -2.58. The number of amides is 1. The molecule has 162 valence electrons. The molecule has 1 aromatic carbocycles. The van der Waals surface area contributed by atoms with Crippen LogP contribution in [0.4, 0.5) is 0 Å². The maximum absolute atomic E-state index is 13.2. The van der Waals surface area contributed by atoms with Gasteiger partial charge in [0, 0.05) is 43.2 Å². The van der Waals surface area contributed by atoms with Crippen molar-refractivity contribution in [3.63, 3.8) is 0 Å². The Hall–Kier alpha value is -1.10. The van der Waals surface area contributed by atoms with Crippen LogP contribution in [0.15, 0.2) is 24.3 Å². The molecule has 0 bridgehead atoms. The molecule has 4 nitrogen and oxygen atoms in total. The number of hydrogen-bond acceptors (Lipinski definition) is 3. The maximum Gasteiger partial charge on any atom is 0.223 e. The lowest BCUT2D eigenvalue weighted by molar-refractivity contribution is -0.139. The van der Waals surface area contributed by atoms with Crippen molar-refractivity contribution in [3.8, 4) is 0 Å². The normalized spacial score (nSPS) is 23.0. The summed E-state index contributed by atoms with van der Waals surface area (Å²) in [6.07, 6.45) is 2.98. The van der Waals surface area contributed by atoms with Crippen LogP contribution in [-0.4, -0.2) is 54.5 Å². The molecule has 0 radical (unpaired) electrons. The van der Waals surface area contributed by atoms with Gasteiger partial charge in [-0.2, -0.15) is 0 Å². The average Bonchev–Trinajstić information content (AvgIpc) is 2.70. The van der Waals surface area contributed by atoms with E-state index in [0.29, 0.717) is 29.7 Å². The standard InChI is InChI=1S/C24H38ClN3O/c1-17(2)22-16-27(24(18(3)4)20-5-7-21(25)8-6-20)13-14-28(22)23(29)15-19-9-11-26-12-10-19/h5-8,17-19,22,24,26H,9-16H2,1-4H3. The van der Waals surface area contributed by atoms with Gasteiger partial charge in [0.15, 0.2) is 0 Å². The maximum atomic E-state index is 13.2. The molecule has 2 heterocycles. The van der Waals surface area contributed by atoms with Crippen LogP contribution >= 0.6 is 11.6 Å². The number of nitrogens with one attached hydrogen (secondary N) is 1. The molecule has 0 aliphatic carbocycles. The monoisotopic (exact) mass is 419 g/mol. The third-order valence-electron chi connectivity index (χ3n) is 6.70. The van der Waals surface area contributed by atoms with Crippen LogP contribution in [0.25, 0.3) is 0 Å². The lowest BCUT2D eigenvalue weighted by Gasteiger charge is -2.47. The highest BCUT2D eigenvalue weighted by Crippen LogP contribution is 2.33. The molecule has 2 atom stereocenters. The topological polar surface area (TPSA) is 35.6 Å². The number of carbonyl (C=O) groups is 1. The highest BCUT2D eigenvalue weighted by Gasteiger charge is 2.36. The Labute approximate surface area is 182 Å². The largest absolute Gasteiger partial charge is 0.337 e. The predicted octanol–water partition coefficient (Wildman–Crippen LogP) is 4.60. The summed E-state index contributed by atoms with van der Waals surface area (Å²) in [6.45, 7) is 13.9. The number of carbonyl (C=O) groups excluding carboxylic acids is 1. The number of piperidine rings is 1. The highest BCUT2D eigenvalue weighted by molar-refractivity contribution is 6.30. The molecule has 3 rings (SSSR count). The van der Waals surface area contributed by atoms with E-state index in [1.165, 1.54) is 5.56 Å². The summed E-state index contributed by atoms with van der Waals surface area (Å²) >= 11 is 6.12. The van der Waals surface area contributed by atoms with Crippen LogP contribution in [-0.2, 0) is 4.79 Å². The van der Waals surface area contributed by atoms with Crippen molar-refractivity contribution < 1.29 is 4.79 Å². The number of piperazine rings is 1. The number of hydrogen-bond donors (Lipinski definition) is 1. The molecule has 0 aromatic heterocycles. The van der Waals surface area contributed by atoms with E-state index in [4.69, 9.17) is 11.6 Å². The summed E-state index contributed by atoms with van der Waals surface area (Å²) in [5.41, 5.74) is 1.32. The Morgan fingerprint density at radius 1 is 1.10 bits per heavy atom. The van der Waals surface area contributed by atoms with Crippen LogP contribution in [0.5, 0.6) is 0 Å². The van der Waals surface area contributed by atoms with Crippen LogP contribution < -0.4 is 5.32 Å². The third kappa shape index (κ3) is 5.74. The van der Waals surface area contributed by atoms with E-state index in [2.05, 4.69) is 54.9 Å². The van der Waals surface area contributed by atoms with Gasteiger partial charge in [0.05, 0.1) is 0 Å². The number of rotatable bonds is 6. The first-order chi connectivity index (χ1) is 13.9. The fourth-order valence-corrected chi connectivity index (χ4v) is 5.22. The van der Waals surface area contributed by atoms with Crippen molar-refractivity contribution in [2.75, 3.05) is 32.7 Å². The zero-order valence-corrected chi connectivity index (χ0v) is 19.3. The van der Waals surface area contributed by atoms with Crippen LogP contribution in [0.1, 0.15) is 58.6 Å². The molecular weight excluding hydrogens is 382 g/mol. The molecule has 2 aliphatic heterocycles. The lowest BCUT2D eigenvalue weighted by atomic mass is 9.90. The van der Waals surface area contributed by atoms with E-state index in [9.17, 15) is 4.79 Å². The van der Waals surface area contributed by atoms with Crippen LogP contribution in [0.2, 0.25) is 5.02 Å². The smallest absolute Gasteiger partial charge is 0.223 e. The van der Waals surface area contributed by atoms with Crippen molar-refractivity contribution in [1.82, 2.24) is 15.1 Å². The third-order valence-corrected chi connectivity index (χ3v) is 6.95. The minimum atomic E-state index is 0.284. The Kier molecular flexibility index (Phi) is 8.00. The molecule has 0 spiro atoms. The number of halogens is 1. The van der Waals surface area contributed by atoms with Gasteiger partial charge < -0.3 is 10.2 Å². The molecule has 5 heteroatoms. The van der Waals surface area contributed by atoms with Gasteiger partial charge in [-0.25, -0.2) is 0 Å². The van der Waals surface area contributed by atoms with E-state index in [1.807, 2.05) is 12.1 Å². The molecule has 2 unspecified atom stereocenters. The minimum Gasteiger partial charge on any atom is -0.337 e. The summed E-state index contributed by atoms with van der Waals surface area (Å²) in [7, 11) is 0. The van der Waals surface area contributed by atoms with Crippen molar-refractivity contribution in [2.24, 2.45) is 17.8 Å². The van der Waals surface area contributed by atoms with Gasteiger partial charge in [0.2, 0.25) is 5.91 Å². The number of benzene rings is 1. The second-order valence-corrected chi connectivity index (χ2v) is 9.97. The van der Waals surface area contributed by atoms with Gasteiger partial charge in [0.25, 0.3) is 0 Å². The van der Waals surface area contributed by atoms with Crippen LogP contribution in [0.3, 0.4) is 0 Å². The number of nitrogens with zero attached hydrogens (tertiary/aromatic N) is 2. The molecular formula is C24H38ClN3O. The predicted molar refractivity (Wildman–Crippen MR) is 121 cm³/mol. The van der Waals surface area contributed by atoms with Crippen molar-refractivity contribution >= 4 is 17.5 Å². The van der Waals surface area contributed by atoms with Crippen molar-refractivity contribution in [2.45, 2.75) is 59.0 Å². The second kappa shape index (κ2) is 10.3. The Morgan fingerprint density at radius 2 is 1.76 bits per heavy atom. The summed E-state index contributed by atoms with van der Waals surface area (Å²) in [5, 5.41) is 4.18. The van der Waals surface area contributed by atoms with Crippen molar-refractivity contribution in [3.05, 3.63) is 34.9 Å². The van der Waals surface area contributed by atoms with Gasteiger partial charge in [-0.15, -0.1) is 0 Å². The fourth-order valence-electron chi connectivity index (χ4n) is 5.09. The molecule has 1 aromatic rings. The van der Waals surface area contributed by atoms with E-state index in [1.54, 1.807) is 0 Å². The molecule has 0 saturated carbocycles. The zero-order valence-electron chi connectivity index (χ0n) is 18.5. The first-order valence-corrected chi connectivity index (χ1v) is 11.7. The van der Waals surface area contributed by atoms with Gasteiger partial charge in [-0.05, 0) is 61.4 Å². The Morgan fingerprint density at radius 3 is 2.34 bits per heavy atom. The van der Waals surface area contributed by atoms with Crippen molar-refractivity contribution in [1.29, 1.82) is 0 Å². The first-order valence-electron chi connectivity index (χ1n) is 11.4. The molecule has 1 N–H and O–H groups in total. The summed E-state index contributed by atoms with van der Waals surface area (Å²) in [6, 6.07) is 8.94. The molecule has 2 aliphatic rings. The molecule has 29 heavy (non-hydrogen) atoms. The zero-order chi connectivity index (χ0) is 21.0. The van der Waals surface area contributed by atoms with Gasteiger partial charge >= 0.3 is 0 Å². The fraction of sp³-hybridized carbons (Fsp3) is 0.708. The van der Waals surface area contributed by atoms with Gasteiger partial charge in [-0.1, -0.05) is 51.4 Å². The van der Waals surface area contributed by atoms with Gasteiger partial charge in [-0.3, -0.25) is 9.69 Å². The average molecular weight is 420 g/mol. The van der Waals surface area contributed by atoms with E-state index in [0.717, 1.165) is 57.0 Å². The SMILES string of the molecule is CC(C)C(c1ccc(Cl)cc1)N1CCN(C(=O)CC2CCNCC2)C(C(C)C)C1. The Balaban J connectivity index is 1.71. The Bertz CT molecular complexity index is 655. The summed E-state index contributed by atoms with van der Waals surface area (Å²) in [5.74, 6) is 1.86. The first kappa shape index (κ1) is 22.6. The quantitative estimate of drug-likeness (QED) is 0.732. The van der Waals surface area contributed by atoms with Crippen LogP contribution in [0, 0.1) is 17.8 Å². The summed E-state index contributed by atoms with van der Waals surface area (Å²) < 4.78 is 0. The van der Waals surface area contributed by atoms with E-state index in [-0.39, 0.29) is 6.04 Å².